The Bertz CT molecular complexity index is 563. The number of carbonyl (C=O) groups is 2. The highest BCUT2D eigenvalue weighted by atomic mass is 16.5. The van der Waals surface area contributed by atoms with Gasteiger partial charge < -0.3 is 19.7 Å². The Balaban J connectivity index is 1.73. The number of piperidine rings is 1. The van der Waals surface area contributed by atoms with Crippen molar-refractivity contribution >= 4 is 12.0 Å². The van der Waals surface area contributed by atoms with Crippen LogP contribution in [-0.2, 0) is 16.0 Å². The maximum absolute atomic E-state index is 12.4. The number of carbonyl (C=O) groups excluding carboxylic acids is 2. The lowest BCUT2D eigenvalue weighted by Crippen LogP contribution is -2.47. The van der Waals surface area contributed by atoms with Gasteiger partial charge in [-0.3, -0.25) is 4.79 Å². The Morgan fingerprint density at radius 3 is 2.40 bits per heavy atom. The van der Waals surface area contributed by atoms with E-state index in [1.54, 1.807) is 7.11 Å². The van der Waals surface area contributed by atoms with Gasteiger partial charge >= 0.3 is 6.09 Å². The van der Waals surface area contributed by atoms with Gasteiger partial charge in [-0.25, -0.2) is 4.79 Å². The molecule has 1 aromatic carbocycles. The van der Waals surface area contributed by atoms with Crippen LogP contribution < -0.4 is 10.1 Å². The Kier molecular flexibility index (Phi) is 7.10. The van der Waals surface area contributed by atoms with Crippen molar-refractivity contribution in [3.63, 3.8) is 0 Å². The lowest BCUT2D eigenvalue weighted by Gasteiger charge is -2.32. The third-order valence-corrected chi connectivity index (χ3v) is 4.23. The minimum atomic E-state index is -0.364. The highest BCUT2D eigenvalue weighted by Gasteiger charge is 2.24. The van der Waals surface area contributed by atoms with Gasteiger partial charge in [0, 0.05) is 19.1 Å². The van der Waals surface area contributed by atoms with Crippen LogP contribution >= 0.6 is 0 Å². The molecule has 0 spiro atoms. The zero-order chi connectivity index (χ0) is 18.2. The van der Waals surface area contributed by atoms with Crippen LogP contribution in [0.15, 0.2) is 24.3 Å². The van der Waals surface area contributed by atoms with Crippen molar-refractivity contribution in [1.29, 1.82) is 0 Å². The van der Waals surface area contributed by atoms with Crippen molar-refractivity contribution in [2.24, 2.45) is 5.92 Å². The minimum absolute atomic E-state index is 0.0738. The number of alkyl carbamates (subject to hydrolysis) is 1. The van der Waals surface area contributed by atoms with Crippen LogP contribution in [0.3, 0.4) is 0 Å². The first-order chi connectivity index (χ1) is 12.0. The molecule has 1 saturated heterocycles. The van der Waals surface area contributed by atoms with Crippen molar-refractivity contribution in [2.45, 2.75) is 39.2 Å². The van der Waals surface area contributed by atoms with Gasteiger partial charge in [-0.2, -0.15) is 0 Å². The first kappa shape index (κ1) is 19.1. The topological polar surface area (TPSA) is 67.9 Å². The van der Waals surface area contributed by atoms with Gasteiger partial charge in [0.05, 0.1) is 20.1 Å². The van der Waals surface area contributed by atoms with Crippen LogP contribution in [0.4, 0.5) is 4.79 Å². The van der Waals surface area contributed by atoms with Gasteiger partial charge in [0.25, 0.3) is 0 Å². The summed E-state index contributed by atoms with van der Waals surface area (Å²) in [5.41, 5.74) is 0.975. The monoisotopic (exact) mass is 348 g/mol. The van der Waals surface area contributed by atoms with Crippen LogP contribution in [0.2, 0.25) is 0 Å². The van der Waals surface area contributed by atoms with Gasteiger partial charge in [-0.15, -0.1) is 0 Å². The van der Waals surface area contributed by atoms with Crippen LogP contribution in [0.1, 0.15) is 32.3 Å². The second-order valence-corrected chi connectivity index (χ2v) is 6.82. The van der Waals surface area contributed by atoms with Gasteiger partial charge in [0.1, 0.15) is 5.75 Å². The van der Waals surface area contributed by atoms with Crippen LogP contribution in [0, 0.1) is 5.92 Å². The molecule has 1 N–H and O–H groups in total. The Morgan fingerprint density at radius 1 is 1.20 bits per heavy atom. The second kappa shape index (κ2) is 9.30. The molecule has 25 heavy (non-hydrogen) atoms. The van der Waals surface area contributed by atoms with Crippen LogP contribution in [0.5, 0.6) is 5.75 Å². The van der Waals surface area contributed by atoms with E-state index in [4.69, 9.17) is 9.47 Å². The van der Waals surface area contributed by atoms with Gasteiger partial charge in [0.2, 0.25) is 5.91 Å². The van der Waals surface area contributed by atoms with E-state index in [0.717, 1.165) is 24.2 Å². The second-order valence-electron chi connectivity index (χ2n) is 6.82. The van der Waals surface area contributed by atoms with E-state index in [0.29, 0.717) is 32.0 Å². The fourth-order valence-electron chi connectivity index (χ4n) is 2.75. The minimum Gasteiger partial charge on any atom is -0.497 e. The number of nitrogens with one attached hydrogen (secondary N) is 1. The summed E-state index contributed by atoms with van der Waals surface area (Å²) in [6.07, 6.45) is 1.53. The molecule has 0 atom stereocenters. The predicted molar refractivity (Wildman–Crippen MR) is 95.6 cm³/mol. The summed E-state index contributed by atoms with van der Waals surface area (Å²) in [6.45, 7) is 5.74. The number of hydrogen-bond acceptors (Lipinski definition) is 4. The summed E-state index contributed by atoms with van der Waals surface area (Å²) in [4.78, 5) is 26.0. The molecule has 0 saturated carbocycles. The van der Waals surface area contributed by atoms with Crippen molar-refractivity contribution in [3.05, 3.63) is 29.8 Å². The molecule has 0 bridgehead atoms. The quantitative estimate of drug-likeness (QED) is 0.858. The highest BCUT2D eigenvalue weighted by Crippen LogP contribution is 2.15. The third-order valence-electron chi connectivity index (χ3n) is 4.23. The van der Waals surface area contributed by atoms with E-state index in [-0.39, 0.29) is 18.0 Å². The fraction of sp³-hybridized carbons (Fsp3) is 0.579. The van der Waals surface area contributed by atoms with Crippen LogP contribution in [-0.4, -0.2) is 49.7 Å². The summed E-state index contributed by atoms with van der Waals surface area (Å²) >= 11 is 0. The van der Waals surface area contributed by atoms with Gasteiger partial charge in [-0.1, -0.05) is 26.0 Å². The molecule has 6 heteroatoms. The van der Waals surface area contributed by atoms with Gasteiger partial charge in [0.15, 0.2) is 0 Å². The average Bonchev–Trinajstić information content (AvgIpc) is 2.61. The SMILES string of the molecule is COc1ccc(CC(=O)N2CCC(NC(=O)OCC(C)C)CC2)cc1. The molecule has 2 amide bonds. The first-order valence-corrected chi connectivity index (χ1v) is 8.82. The van der Waals surface area contributed by atoms with Crippen molar-refractivity contribution < 1.29 is 19.1 Å². The van der Waals surface area contributed by atoms with Crippen molar-refractivity contribution in [2.75, 3.05) is 26.8 Å². The smallest absolute Gasteiger partial charge is 0.407 e. The lowest BCUT2D eigenvalue weighted by atomic mass is 10.0. The summed E-state index contributed by atoms with van der Waals surface area (Å²) in [5.74, 6) is 1.22. The molecule has 1 fully saturated rings. The highest BCUT2D eigenvalue weighted by molar-refractivity contribution is 5.79. The predicted octanol–water partition coefficient (Wildman–Crippen LogP) is 2.61. The number of hydrogen-bond donors (Lipinski definition) is 1. The molecule has 0 unspecified atom stereocenters. The average molecular weight is 348 g/mol. The fourth-order valence-corrected chi connectivity index (χ4v) is 2.75. The number of nitrogens with zero attached hydrogens (tertiary/aromatic N) is 1. The van der Waals surface area contributed by atoms with E-state index in [9.17, 15) is 9.59 Å². The number of methoxy groups -OCH3 is 1. The zero-order valence-corrected chi connectivity index (χ0v) is 15.3. The molecule has 1 aliphatic rings. The molecule has 138 valence electrons. The summed E-state index contributed by atoms with van der Waals surface area (Å²) in [5, 5.41) is 2.88. The Labute approximate surface area is 149 Å². The molecular weight excluding hydrogens is 320 g/mol. The van der Waals surface area contributed by atoms with Crippen molar-refractivity contribution in [3.8, 4) is 5.75 Å². The van der Waals surface area contributed by atoms with Crippen molar-refractivity contribution in [1.82, 2.24) is 10.2 Å². The Hall–Kier alpha value is -2.24. The third kappa shape index (κ3) is 6.29. The Morgan fingerprint density at radius 2 is 1.84 bits per heavy atom. The number of ether oxygens (including phenoxy) is 2. The maximum Gasteiger partial charge on any atom is 0.407 e. The first-order valence-electron chi connectivity index (χ1n) is 8.82. The van der Waals surface area contributed by atoms with Gasteiger partial charge in [-0.05, 0) is 36.5 Å². The molecule has 2 rings (SSSR count). The van der Waals surface area contributed by atoms with E-state index < -0.39 is 0 Å². The summed E-state index contributed by atoms with van der Waals surface area (Å²) in [7, 11) is 1.62. The molecule has 0 radical (unpaired) electrons. The summed E-state index contributed by atoms with van der Waals surface area (Å²) in [6, 6.07) is 7.62. The molecular formula is C19H28N2O4. The molecule has 0 aliphatic carbocycles. The normalized spacial score (nSPS) is 15.1. The zero-order valence-electron chi connectivity index (χ0n) is 15.3. The number of benzene rings is 1. The number of rotatable bonds is 6. The summed E-state index contributed by atoms with van der Waals surface area (Å²) < 4.78 is 10.3. The van der Waals surface area contributed by atoms with E-state index >= 15 is 0 Å². The molecule has 1 heterocycles. The number of amides is 2. The molecule has 6 nitrogen and oxygen atoms in total. The number of likely N-dealkylation sites (tertiary alicyclic amines) is 1. The van der Waals surface area contributed by atoms with E-state index in [2.05, 4.69) is 5.32 Å². The maximum atomic E-state index is 12.4. The van der Waals surface area contributed by atoms with E-state index in [1.165, 1.54) is 0 Å². The lowest BCUT2D eigenvalue weighted by molar-refractivity contribution is -0.131. The molecule has 0 aromatic heterocycles. The standard InChI is InChI=1S/C19H28N2O4/c1-14(2)13-25-19(23)20-16-8-10-21(11-9-16)18(22)12-15-4-6-17(24-3)7-5-15/h4-7,14,16H,8-13H2,1-3H3,(H,20,23). The largest absolute Gasteiger partial charge is 0.497 e. The van der Waals surface area contributed by atoms with Crippen LogP contribution in [0.25, 0.3) is 0 Å². The van der Waals surface area contributed by atoms with E-state index in [1.807, 2.05) is 43.0 Å². The molecule has 1 aromatic rings. The molecule has 1 aliphatic heterocycles.